The first-order chi connectivity index (χ1) is 9.49. The van der Waals surface area contributed by atoms with Gasteiger partial charge in [-0.25, -0.2) is 9.78 Å². The van der Waals surface area contributed by atoms with Crippen LogP contribution in [0, 0.1) is 0 Å². The van der Waals surface area contributed by atoms with E-state index in [1.807, 2.05) is 0 Å². The van der Waals surface area contributed by atoms with E-state index in [4.69, 9.17) is 0 Å². The SMILES string of the molecule is COC(=O)c1cc(OC)nc(C(F)(F)F)c1OC(F)(F)F. The molecule has 11 heteroatoms. The first-order valence-corrected chi connectivity index (χ1v) is 5.00. The highest BCUT2D eigenvalue weighted by molar-refractivity contribution is 5.93. The van der Waals surface area contributed by atoms with Crippen molar-refractivity contribution < 1.29 is 45.3 Å². The molecule has 0 fully saturated rings. The molecule has 0 aliphatic heterocycles. The Kier molecular flexibility index (Phi) is 4.54. The van der Waals surface area contributed by atoms with Crippen LogP contribution in [0.4, 0.5) is 26.3 Å². The molecule has 0 saturated heterocycles. The second-order valence-corrected chi connectivity index (χ2v) is 3.43. The number of hydrogen-bond acceptors (Lipinski definition) is 5. The summed E-state index contributed by atoms with van der Waals surface area (Å²) in [6, 6.07) is 0.544. The zero-order valence-corrected chi connectivity index (χ0v) is 10.4. The Morgan fingerprint density at radius 1 is 1.14 bits per heavy atom. The van der Waals surface area contributed by atoms with Gasteiger partial charge >= 0.3 is 18.5 Å². The largest absolute Gasteiger partial charge is 0.573 e. The van der Waals surface area contributed by atoms with E-state index < -0.39 is 41.4 Å². The molecule has 0 radical (unpaired) electrons. The smallest absolute Gasteiger partial charge is 0.481 e. The average molecular weight is 319 g/mol. The van der Waals surface area contributed by atoms with Crippen molar-refractivity contribution in [1.82, 2.24) is 4.98 Å². The normalized spacial score (nSPS) is 12.0. The molecule has 0 N–H and O–H groups in total. The van der Waals surface area contributed by atoms with Gasteiger partial charge in [-0.05, 0) is 0 Å². The van der Waals surface area contributed by atoms with E-state index in [1.54, 1.807) is 0 Å². The molecule has 0 spiro atoms. The first-order valence-electron chi connectivity index (χ1n) is 5.00. The van der Waals surface area contributed by atoms with Crippen LogP contribution in [0.2, 0.25) is 0 Å². The molecule has 0 aromatic carbocycles. The monoisotopic (exact) mass is 319 g/mol. The summed E-state index contributed by atoms with van der Waals surface area (Å²) >= 11 is 0. The van der Waals surface area contributed by atoms with Crippen molar-refractivity contribution in [2.75, 3.05) is 14.2 Å². The average Bonchev–Trinajstić information content (AvgIpc) is 2.34. The fourth-order valence-electron chi connectivity index (χ4n) is 1.29. The van der Waals surface area contributed by atoms with Crippen LogP contribution in [0.5, 0.6) is 11.6 Å². The van der Waals surface area contributed by atoms with E-state index in [0.29, 0.717) is 6.07 Å². The summed E-state index contributed by atoms with van der Waals surface area (Å²) in [5.74, 6) is -4.00. The second kappa shape index (κ2) is 5.66. The Balaban J connectivity index is 3.63. The fourth-order valence-corrected chi connectivity index (χ4v) is 1.29. The maximum atomic E-state index is 12.8. The van der Waals surface area contributed by atoms with Crippen molar-refractivity contribution >= 4 is 5.97 Å². The van der Waals surface area contributed by atoms with Crippen LogP contribution in [-0.2, 0) is 10.9 Å². The third-order valence-corrected chi connectivity index (χ3v) is 2.05. The standard InChI is InChI=1S/C10H7F6NO4/c1-19-5-3-4(8(18)20-2)6(21-10(14,15)16)7(17-5)9(11,12)13/h3H,1-2H3. The third-order valence-electron chi connectivity index (χ3n) is 2.05. The number of pyridine rings is 1. The van der Waals surface area contributed by atoms with Gasteiger partial charge < -0.3 is 14.2 Å². The number of esters is 1. The molecular formula is C10H7F6NO4. The zero-order valence-electron chi connectivity index (χ0n) is 10.4. The summed E-state index contributed by atoms with van der Waals surface area (Å²) in [5, 5.41) is 0. The molecule has 1 rings (SSSR count). The molecule has 1 aromatic heterocycles. The Morgan fingerprint density at radius 3 is 2.10 bits per heavy atom. The molecule has 1 heterocycles. The molecule has 0 atom stereocenters. The van der Waals surface area contributed by atoms with Crippen LogP contribution >= 0.6 is 0 Å². The molecule has 0 amide bonds. The van der Waals surface area contributed by atoms with Gasteiger partial charge in [0.25, 0.3) is 0 Å². The van der Waals surface area contributed by atoms with Gasteiger partial charge in [-0.15, -0.1) is 13.2 Å². The number of ether oxygens (including phenoxy) is 3. The van der Waals surface area contributed by atoms with Crippen LogP contribution in [0.1, 0.15) is 16.1 Å². The number of nitrogens with zero attached hydrogens (tertiary/aromatic N) is 1. The molecule has 21 heavy (non-hydrogen) atoms. The van der Waals surface area contributed by atoms with E-state index >= 15 is 0 Å². The van der Waals surface area contributed by atoms with Crippen molar-refractivity contribution in [2.45, 2.75) is 12.5 Å². The Hall–Kier alpha value is -2.20. The molecule has 5 nitrogen and oxygen atoms in total. The quantitative estimate of drug-likeness (QED) is 0.633. The van der Waals surface area contributed by atoms with Gasteiger partial charge in [-0.1, -0.05) is 0 Å². The van der Waals surface area contributed by atoms with Gasteiger partial charge in [0.15, 0.2) is 11.4 Å². The van der Waals surface area contributed by atoms with Crippen molar-refractivity contribution in [3.8, 4) is 11.6 Å². The minimum Gasteiger partial charge on any atom is -0.481 e. The summed E-state index contributed by atoms with van der Waals surface area (Å²) in [7, 11) is 1.70. The Morgan fingerprint density at radius 2 is 1.71 bits per heavy atom. The van der Waals surface area contributed by atoms with Gasteiger partial charge in [0.2, 0.25) is 5.88 Å². The van der Waals surface area contributed by atoms with E-state index in [-0.39, 0.29) is 0 Å². The van der Waals surface area contributed by atoms with Crippen molar-refractivity contribution in [1.29, 1.82) is 0 Å². The molecule has 0 aliphatic rings. The maximum Gasteiger partial charge on any atom is 0.573 e. The van der Waals surface area contributed by atoms with Gasteiger partial charge in [-0.3, -0.25) is 0 Å². The molecule has 118 valence electrons. The highest BCUT2D eigenvalue weighted by Gasteiger charge is 2.44. The lowest BCUT2D eigenvalue weighted by molar-refractivity contribution is -0.276. The number of aromatic nitrogens is 1. The molecule has 0 bridgehead atoms. The van der Waals surface area contributed by atoms with Crippen LogP contribution < -0.4 is 9.47 Å². The number of methoxy groups -OCH3 is 2. The lowest BCUT2D eigenvalue weighted by Gasteiger charge is -2.17. The number of carbonyl (C=O) groups is 1. The third kappa shape index (κ3) is 4.13. The zero-order chi connectivity index (χ0) is 16.4. The van der Waals surface area contributed by atoms with Gasteiger partial charge in [-0.2, -0.15) is 13.2 Å². The molecule has 0 saturated carbocycles. The Bertz CT molecular complexity index is 540. The predicted octanol–water partition coefficient (Wildman–Crippen LogP) is 2.79. The highest BCUT2D eigenvalue weighted by atomic mass is 19.4. The number of alkyl halides is 6. The number of halogens is 6. The van der Waals surface area contributed by atoms with Gasteiger partial charge in [0.05, 0.1) is 14.2 Å². The van der Waals surface area contributed by atoms with E-state index in [9.17, 15) is 31.1 Å². The minimum absolute atomic E-state index is 0.544. The van der Waals surface area contributed by atoms with Gasteiger partial charge in [0, 0.05) is 6.07 Å². The summed E-state index contributed by atoms with van der Waals surface area (Å²) in [5.41, 5.74) is -3.17. The summed E-state index contributed by atoms with van der Waals surface area (Å²) in [6.07, 6.45) is -10.8. The number of carbonyl (C=O) groups excluding carboxylic acids is 1. The van der Waals surface area contributed by atoms with E-state index in [1.165, 1.54) is 0 Å². The summed E-state index contributed by atoms with van der Waals surface area (Å²) in [4.78, 5) is 14.2. The van der Waals surface area contributed by atoms with Crippen LogP contribution in [0.3, 0.4) is 0 Å². The molecule has 0 unspecified atom stereocenters. The molecule has 0 aliphatic carbocycles. The highest BCUT2D eigenvalue weighted by Crippen LogP contribution is 2.40. The van der Waals surface area contributed by atoms with E-state index in [2.05, 4.69) is 19.2 Å². The fraction of sp³-hybridized carbons (Fsp3) is 0.400. The van der Waals surface area contributed by atoms with Crippen molar-refractivity contribution in [3.63, 3.8) is 0 Å². The number of hydrogen-bond donors (Lipinski definition) is 0. The maximum absolute atomic E-state index is 12.8. The van der Waals surface area contributed by atoms with E-state index in [0.717, 1.165) is 14.2 Å². The predicted molar refractivity (Wildman–Crippen MR) is 53.8 cm³/mol. The number of rotatable bonds is 3. The molecular weight excluding hydrogens is 312 g/mol. The van der Waals surface area contributed by atoms with Crippen LogP contribution in [0.25, 0.3) is 0 Å². The first kappa shape index (κ1) is 16.9. The summed E-state index contributed by atoms with van der Waals surface area (Å²) < 4.78 is 86.8. The Labute approximate surface area is 113 Å². The minimum atomic E-state index is -5.46. The van der Waals surface area contributed by atoms with Crippen molar-refractivity contribution in [2.24, 2.45) is 0 Å². The second-order valence-electron chi connectivity index (χ2n) is 3.43. The topological polar surface area (TPSA) is 57.7 Å². The van der Waals surface area contributed by atoms with Crippen LogP contribution in [-0.4, -0.2) is 31.5 Å². The van der Waals surface area contributed by atoms with Gasteiger partial charge in [0.1, 0.15) is 5.56 Å². The lowest BCUT2D eigenvalue weighted by Crippen LogP contribution is -2.23. The lowest BCUT2D eigenvalue weighted by atomic mass is 10.2. The molecule has 1 aromatic rings. The van der Waals surface area contributed by atoms with Crippen LogP contribution in [0.15, 0.2) is 6.07 Å². The van der Waals surface area contributed by atoms with Crippen molar-refractivity contribution in [3.05, 3.63) is 17.3 Å². The summed E-state index contributed by atoms with van der Waals surface area (Å²) in [6.45, 7) is 0.